The van der Waals surface area contributed by atoms with E-state index < -0.39 is 0 Å². The molecule has 0 saturated heterocycles. The van der Waals surface area contributed by atoms with Crippen molar-refractivity contribution >= 4 is 23.4 Å². The summed E-state index contributed by atoms with van der Waals surface area (Å²) in [5.74, 6) is 0.0823. The van der Waals surface area contributed by atoms with E-state index in [-0.39, 0.29) is 5.91 Å². The number of hydrogen-bond donors (Lipinski definition) is 2. The second kappa shape index (κ2) is 8.14. The van der Waals surface area contributed by atoms with E-state index in [1.54, 1.807) is 11.8 Å². The fourth-order valence-corrected chi connectivity index (χ4v) is 1.91. The van der Waals surface area contributed by atoms with Gasteiger partial charge in [0.2, 0.25) is 5.91 Å². The number of thioether (sulfide) groups is 1. The van der Waals surface area contributed by atoms with Crippen molar-refractivity contribution in [1.82, 2.24) is 0 Å². The molecule has 0 saturated carbocycles. The van der Waals surface area contributed by atoms with Crippen LogP contribution in [-0.4, -0.2) is 18.7 Å². The van der Waals surface area contributed by atoms with E-state index in [4.69, 9.17) is 5.73 Å². The zero-order valence-electron chi connectivity index (χ0n) is 10.2. The van der Waals surface area contributed by atoms with Gasteiger partial charge in [-0.05, 0) is 49.9 Å². The van der Waals surface area contributed by atoms with Crippen LogP contribution in [0.4, 0.5) is 5.69 Å². The highest BCUT2D eigenvalue weighted by Crippen LogP contribution is 2.17. The van der Waals surface area contributed by atoms with Crippen LogP contribution < -0.4 is 11.1 Å². The maximum Gasteiger partial charge on any atom is 0.224 e. The van der Waals surface area contributed by atoms with Crippen LogP contribution in [0.2, 0.25) is 0 Å². The van der Waals surface area contributed by atoms with E-state index in [1.807, 2.05) is 30.5 Å². The fraction of sp³-hybridized carbons (Fsp3) is 0.462. The topological polar surface area (TPSA) is 55.1 Å². The number of rotatable bonds is 7. The Hall–Kier alpha value is -1.00. The summed E-state index contributed by atoms with van der Waals surface area (Å²) in [6, 6.07) is 7.89. The maximum absolute atomic E-state index is 11.6. The number of nitrogens with one attached hydrogen (secondary N) is 1. The molecule has 0 radical (unpaired) electrons. The lowest BCUT2D eigenvalue weighted by Gasteiger charge is -2.05. The van der Waals surface area contributed by atoms with Gasteiger partial charge in [-0.25, -0.2) is 0 Å². The molecule has 1 aromatic carbocycles. The summed E-state index contributed by atoms with van der Waals surface area (Å²) >= 11 is 1.69. The third-order valence-electron chi connectivity index (χ3n) is 2.48. The highest BCUT2D eigenvalue weighted by molar-refractivity contribution is 7.98. The lowest BCUT2D eigenvalue weighted by atomic mass is 10.2. The number of hydrogen-bond acceptors (Lipinski definition) is 3. The van der Waals surface area contributed by atoms with Gasteiger partial charge >= 0.3 is 0 Å². The minimum atomic E-state index is 0.0823. The van der Waals surface area contributed by atoms with Gasteiger partial charge in [0.05, 0.1) is 0 Å². The molecule has 3 N–H and O–H groups in total. The summed E-state index contributed by atoms with van der Waals surface area (Å²) in [6.45, 7) is 0.706. The number of anilines is 1. The van der Waals surface area contributed by atoms with Gasteiger partial charge in [-0.3, -0.25) is 4.79 Å². The molecule has 94 valence electrons. The summed E-state index contributed by atoms with van der Waals surface area (Å²) < 4.78 is 0. The number of carbonyl (C=O) groups excluding carboxylic acids is 1. The van der Waals surface area contributed by atoms with Crippen molar-refractivity contribution < 1.29 is 4.79 Å². The first-order chi connectivity index (χ1) is 8.26. The largest absolute Gasteiger partial charge is 0.330 e. The van der Waals surface area contributed by atoms with Gasteiger partial charge in [-0.15, -0.1) is 11.8 Å². The molecule has 17 heavy (non-hydrogen) atoms. The van der Waals surface area contributed by atoms with Gasteiger partial charge in [0, 0.05) is 17.0 Å². The highest BCUT2D eigenvalue weighted by atomic mass is 32.2. The minimum Gasteiger partial charge on any atom is -0.330 e. The minimum absolute atomic E-state index is 0.0823. The lowest BCUT2D eigenvalue weighted by Crippen LogP contribution is -2.11. The number of benzene rings is 1. The van der Waals surface area contributed by atoms with E-state index in [0.29, 0.717) is 13.0 Å². The van der Waals surface area contributed by atoms with Crippen LogP contribution in [0.15, 0.2) is 29.2 Å². The van der Waals surface area contributed by atoms with Crippen molar-refractivity contribution in [2.75, 3.05) is 18.1 Å². The molecule has 0 aliphatic carbocycles. The van der Waals surface area contributed by atoms with Crippen LogP contribution in [0.25, 0.3) is 0 Å². The maximum atomic E-state index is 11.6. The van der Waals surface area contributed by atoms with E-state index in [0.717, 1.165) is 24.9 Å². The number of unbranched alkanes of at least 4 members (excludes halogenated alkanes) is 2. The molecule has 1 rings (SSSR count). The molecule has 0 atom stereocenters. The smallest absolute Gasteiger partial charge is 0.224 e. The Morgan fingerprint density at radius 3 is 2.53 bits per heavy atom. The van der Waals surface area contributed by atoms with Gasteiger partial charge in [-0.1, -0.05) is 6.42 Å². The summed E-state index contributed by atoms with van der Waals surface area (Å²) in [5, 5.41) is 2.89. The van der Waals surface area contributed by atoms with Crippen LogP contribution in [0.3, 0.4) is 0 Å². The van der Waals surface area contributed by atoms with Gasteiger partial charge in [0.15, 0.2) is 0 Å². The first-order valence-electron chi connectivity index (χ1n) is 5.90. The fourth-order valence-electron chi connectivity index (χ4n) is 1.50. The summed E-state index contributed by atoms with van der Waals surface area (Å²) in [4.78, 5) is 12.8. The number of carbonyl (C=O) groups is 1. The Morgan fingerprint density at radius 1 is 1.24 bits per heavy atom. The van der Waals surface area contributed by atoms with Crippen LogP contribution in [0.1, 0.15) is 25.7 Å². The van der Waals surface area contributed by atoms with Gasteiger partial charge in [0.25, 0.3) is 0 Å². The highest BCUT2D eigenvalue weighted by Gasteiger charge is 2.01. The predicted molar refractivity (Wildman–Crippen MR) is 74.4 cm³/mol. The number of amides is 1. The Morgan fingerprint density at radius 2 is 1.94 bits per heavy atom. The van der Waals surface area contributed by atoms with Crippen molar-refractivity contribution in [1.29, 1.82) is 0 Å². The summed E-state index contributed by atoms with van der Waals surface area (Å²) in [7, 11) is 0. The van der Waals surface area contributed by atoms with Gasteiger partial charge in [-0.2, -0.15) is 0 Å². The van der Waals surface area contributed by atoms with Gasteiger partial charge < -0.3 is 11.1 Å². The monoisotopic (exact) mass is 252 g/mol. The Kier molecular flexibility index (Phi) is 6.74. The zero-order chi connectivity index (χ0) is 12.5. The van der Waals surface area contributed by atoms with Gasteiger partial charge in [0.1, 0.15) is 0 Å². The molecular formula is C13H20N2OS. The van der Waals surface area contributed by atoms with Crippen molar-refractivity contribution in [2.45, 2.75) is 30.6 Å². The SMILES string of the molecule is CSc1ccc(NC(=O)CCCCCN)cc1. The quantitative estimate of drug-likeness (QED) is 0.579. The molecule has 0 unspecified atom stereocenters. The van der Waals surface area contributed by atoms with E-state index in [2.05, 4.69) is 5.32 Å². The van der Waals surface area contributed by atoms with Crippen molar-refractivity contribution in [3.63, 3.8) is 0 Å². The third-order valence-corrected chi connectivity index (χ3v) is 3.23. The molecule has 0 heterocycles. The molecule has 1 aromatic rings. The van der Waals surface area contributed by atoms with E-state index in [1.165, 1.54) is 4.90 Å². The molecule has 0 aromatic heterocycles. The Labute approximate surface area is 107 Å². The van der Waals surface area contributed by atoms with Crippen molar-refractivity contribution in [3.05, 3.63) is 24.3 Å². The van der Waals surface area contributed by atoms with Crippen LogP contribution in [0, 0.1) is 0 Å². The van der Waals surface area contributed by atoms with Crippen LogP contribution in [-0.2, 0) is 4.79 Å². The molecule has 0 aliphatic heterocycles. The average molecular weight is 252 g/mol. The first-order valence-corrected chi connectivity index (χ1v) is 7.12. The standard InChI is InChI=1S/C13H20N2OS/c1-17-12-8-6-11(7-9-12)15-13(16)5-3-2-4-10-14/h6-9H,2-5,10,14H2,1H3,(H,15,16). The lowest BCUT2D eigenvalue weighted by molar-refractivity contribution is -0.116. The molecule has 1 amide bonds. The molecule has 0 aliphatic rings. The first kappa shape index (κ1) is 14.1. The van der Waals surface area contributed by atoms with E-state index in [9.17, 15) is 4.79 Å². The summed E-state index contributed by atoms with van der Waals surface area (Å²) in [6.07, 6.45) is 5.53. The molecule has 0 spiro atoms. The van der Waals surface area contributed by atoms with Crippen LogP contribution in [0.5, 0.6) is 0 Å². The molecule has 0 fully saturated rings. The molecule has 3 nitrogen and oxygen atoms in total. The number of nitrogens with two attached hydrogens (primary N) is 1. The van der Waals surface area contributed by atoms with Crippen molar-refractivity contribution in [3.8, 4) is 0 Å². The molecule has 4 heteroatoms. The van der Waals surface area contributed by atoms with Crippen LogP contribution >= 0.6 is 11.8 Å². The third kappa shape index (κ3) is 5.75. The Balaban J connectivity index is 2.29. The summed E-state index contributed by atoms with van der Waals surface area (Å²) in [5.41, 5.74) is 6.26. The zero-order valence-corrected chi connectivity index (χ0v) is 11.1. The van der Waals surface area contributed by atoms with E-state index >= 15 is 0 Å². The molecule has 0 bridgehead atoms. The normalized spacial score (nSPS) is 10.2. The van der Waals surface area contributed by atoms with Crippen molar-refractivity contribution in [2.24, 2.45) is 5.73 Å². The second-order valence-corrected chi connectivity index (χ2v) is 4.76. The second-order valence-electron chi connectivity index (χ2n) is 3.88. The average Bonchev–Trinajstić information content (AvgIpc) is 2.36. The Bertz CT molecular complexity index is 338. The molecular weight excluding hydrogens is 232 g/mol. The predicted octanol–water partition coefficient (Wildman–Crippen LogP) is 2.87.